The third kappa shape index (κ3) is 3.07. The van der Waals surface area contributed by atoms with Gasteiger partial charge in [-0.1, -0.05) is 30.7 Å². The summed E-state index contributed by atoms with van der Waals surface area (Å²) < 4.78 is 0. The first-order valence-electron chi connectivity index (χ1n) is 4.86. The zero-order valence-corrected chi connectivity index (χ0v) is 9.29. The molecule has 1 aromatic rings. The van der Waals surface area contributed by atoms with Crippen molar-refractivity contribution in [3.05, 3.63) is 34.9 Å². The molecule has 0 aliphatic rings. The standard InChI is InChI=1S/C12H12ClNO/c1-2-3-12(15)11(8-14)9-4-6-10(13)7-5-9/h4-7,11H,2-3H2,1H3/t11-/m1/s1. The van der Waals surface area contributed by atoms with Crippen LogP contribution in [0.4, 0.5) is 0 Å². The third-order valence-electron chi connectivity index (χ3n) is 2.15. The Bertz CT molecular complexity index is 378. The highest BCUT2D eigenvalue weighted by Crippen LogP contribution is 2.20. The predicted octanol–water partition coefficient (Wildman–Crippen LogP) is 3.32. The van der Waals surface area contributed by atoms with Crippen LogP contribution in [0.25, 0.3) is 0 Å². The topological polar surface area (TPSA) is 40.9 Å². The van der Waals surface area contributed by atoms with E-state index in [9.17, 15) is 4.79 Å². The van der Waals surface area contributed by atoms with Crippen LogP contribution < -0.4 is 0 Å². The summed E-state index contributed by atoms with van der Waals surface area (Å²) >= 11 is 5.73. The number of rotatable bonds is 4. The van der Waals surface area contributed by atoms with Crippen molar-refractivity contribution in [1.82, 2.24) is 0 Å². The van der Waals surface area contributed by atoms with E-state index in [1.807, 2.05) is 13.0 Å². The third-order valence-corrected chi connectivity index (χ3v) is 2.40. The van der Waals surface area contributed by atoms with Gasteiger partial charge in [0, 0.05) is 11.4 Å². The van der Waals surface area contributed by atoms with Crippen molar-refractivity contribution in [2.24, 2.45) is 0 Å². The molecule has 1 aromatic carbocycles. The molecule has 0 aliphatic carbocycles. The van der Waals surface area contributed by atoms with E-state index in [0.29, 0.717) is 11.4 Å². The Kier molecular flexibility index (Phi) is 4.33. The van der Waals surface area contributed by atoms with Crippen molar-refractivity contribution in [2.45, 2.75) is 25.7 Å². The molecule has 0 N–H and O–H groups in total. The number of hydrogen-bond donors (Lipinski definition) is 0. The SMILES string of the molecule is CCCC(=O)[C@H](C#N)c1ccc(Cl)cc1. The molecular weight excluding hydrogens is 210 g/mol. The van der Waals surface area contributed by atoms with Crippen LogP contribution in [0.3, 0.4) is 0 Å². The van der Waals surface area contributed by atoms with Gasteiger partial charge in [0.2, 0.25) is 0 Å². The molecule has 0 aliphatic heterocycles. The van der Waals surface area contributed by atoms with Gasteiger partial charge in [0.1, 0.15) is 5.92 Å². The smallest absolute Gasteiger partial charge is 0.154 e. The van der Waals surface area contributed by atoms with Gasteiger partial charge < -0.3 is 0 Å². The van der Waals surface area contributed by atoms with Crippen molar-refractivity contribution in [3.8, 4) is 6.07 Å². The largest absolute Gasteiger partial charge is 0.298 e. The molecule has 0 saturated heterocycles. The molecule has 0 amide bonds. The molecule has 15 heavy (non-hydrogen) atoms. The van der Waals surface area contributed by atoms with E-state index in [-0.39, 0.29) is 5.78 Å². The van der Waals surface area contributed by atoms with E-state index in [4.69, 9.17) is 16.9 Å². The Morgan fingerprint density at radius 1 is 1.47 bits per heavy atom. The lowest BCUT2D eigenvalue weighted by Crippen LogP contribution is -2.09. The minimum absolute atomic E-state index is 0.0256. The fraction of sp³-hybridized carbons (Fsp3) is 0.333. The fourth-order valence-corrected chi connectivity index (χ4v) is 1.50. The molecule has 0 spiro atoms. The number of Topliss-reactive ketones (excluding diaryl/α,β-unsaturated/α-hetero) is 1. The van der Waals surface area contributed by atoms with Crippen molar-refractivity contribution in [3.63, 3.8) is 0 Å². The van der Waals surface area contributed by atoms with Gasteiger partial charge in [-0.2, -0.15) is 5.26 Å². The number of benzene rings is 1. The molecule has 2 nitrogen and oxygen atoms in total. The summed E-state index contributed by atoms with van der Waals surface area (Å²) in [4.78, 5) is 11.6. The van der Waals surface area contributed by atoms with E-state index in [2.05, 4.69) is 0 Å². The van der Waals surface area contributed by atoms with Crippen molar-refractivity contribution < 1.29 is 4.79 Å². The van der Waals surface area contributed by atoms with E-state index in [1.165, 1.54) is 0 Å². The van der Waals surface area contributed by atoms with Crippen molar-refractivity contribution in [1.29, 1.82) is 5.26 Å². The van der Waals surface area contributed by atoms with Gasteiger partial charge in [-0.25, -0.2) is 0 Å². The molecular formula is C12H12ClNO. The molecule has 1 atom stereocenters. The van der Waals surface area contributed by atoms with Crippen LogP contribution in [0.2, 0.25) is 5.02 Å². The van der Waals surface area contributed by atoms with Gasteiger partial charge in [0.25, 0.3) is 0 Å². The average molecular weight is 222 g/mol. The molecule has 0 aromatic heterocycles. The highest BCUT2D eigenvalue weighted by atomic mass is 35.5. The highest BCUT2D eigenvalue weighted by Gasteiger charge is 2.18. The number of nitriles is 1. The lowest BCUT2D eigenvalue weighted by atomic mass is 9.94. The molecule has 0 unspecified atom stereocenters. The van der Waals surface area contributed by atoms with Gasteiger partial charge in [-0.3, -0.25) is 4.79 Å². The number of halogens is 1. The number of carbonyl (C=O) groups is 1. The molecule has 0 heterocycles. The fourth-order valence-electron chi connectivity index (χ4n) is 1.38. The van der Waals surface area contributed by atoms with Gasteiger partial charge >= 0.3 is 0 Å². The minimum atomic E-state index is -0.651. The lowest BCUT2D eigenvalue weighted by Gasteiger charge is -2.07. The predicted molar refractivity (Wildman–Crippen MR) is 59.7 cm³/mol. The summed E-state index contributed by atoms with van der Waals surface area (Å²) in [5.74, 6) is -0.676. The Hall–Kier alpha value is -1.33. The van der Waals surface area contributed by atoms with E-state index >= 15 is 0 Å². The first-order chi connectivity index (χ1) is 7.19. The summed E-state index contributed by atoms with van der Waals surface area (Å²) in [7, 11) is 0. The quantitative estimate of drug-likeness (QED) is 0.783. The second kappa shape index (κ2) is 5.53. The van der Waals surface area contributed by atoms with Crippen LogP contribution in [-0.4, -0.2) is 5.78 Å². The normalized spacial score (nSPS) is 11.8. The molecule has 3 heteroatoms. The summed E-state index contributed by atoms with van der Waals surface area (Å²) in [5.41, 5.74) is 0.723. The van der Waals surface area contributed by atoms with E-state index in [0.717, 1.165) is 12.0 Å². The zero-order chi connectivity index (χ0) is 11.3. The molecule has 0 radical (unpaired) electrons. The lowest BCUT2D eigenvalue weighted by molar-refractivity contribution is -0.119. The molecule has 1 rings (SSSR count). The van der Waals surface area contributed by atoms with Crippen LogP contribution in [0, 0.1) is 11.3 Å². The number of ketones is 1. The minimum Gasteiger partial charge on any atom is -0.298 e. The van der Waals surface area contributed by atoms with Gasteiger partial charge in [0.15, 0.2) is 5.78 Å². The van der Waals surface area contributed by atoms with Crippen molar-refractivity contribution in [2.75, 3.05) is 0 Å². The number of nitrogens with zero attached hydrogens (tertiary/aromatic N) is 1. The van der Waals surface area contributed by atoms with Crippen LogP contribution in [0.15, 0.2) is 24.3 Å². The second-order valence-corrected chi connectivity index (χ2v) is 3.77. The highest BCUT2D eigenvalue weighted by molar-refractivity contribution is 6.30. The number of carbonyl (C=O) groups excluding carboxylic acids is 1. The zero-order valence-electron chi connectivity index (χ0n) is 8.53. The summed E-state index contributed by atoms with van der Waals surface area (Å²) in [5, 5.41) is 9.55. The molecule has 0 fully saturated rings. The maximum atomic E-state index is 11.6. The second-order valence-electron chi connectivity index (χ2n) is 3.33. The monoisotopic (exact) mass is 221 g/mol. The maximum absolute atomic E-state index is 11.6. The first-order valence-corrected chi connectivity index (χ1v) is 5.24. The maximum Gasteiger partial charge on any atom is 0.154 e. The Morgan fingerprint density at radius 3 is 2.53 bits per heavy atom. The Balaban J connectivity index is 2.89. The van der Waals surface area contributed by atoms with Gasteiger partial charge in [-0.05, 0) is 24.1 Å². The molecule has 78 valence electrons. The van der Waals surface area contributed by atoms with E-state index in [1.54, 1.807) is 24.3 Å². The summed E-state index contributed by atoms with van der Waals surface area (Å²) in [6, 6.07) is 8.87. The van der Waals surface area contributed by atoms with E-state index < -0.39 is 5.92 Å². The van der Waals surface area contributed by atoms with Crippen molar-refractivity contribution >= 4 is 17.4 Å². The summed E-state index contributed by atoms with van der Waals surface area (Å²) in [6.07, 6.45) is 1.21. The van der Waals surface area contributed by atoms with Crippen LogP contribution >= 0.6 is 11.6 Å². The average Bonchev–Trinajstić information content (AvgIpc) is 2.22. The molecule has 0 saturated carbocycles. The van der Waals surface area contributed by atoms with Gasteiger partial charge in [0.05, 0.1) is 6.07 Å². The first kappa shape index (κ1) is 11.7. The Labute approximate surface area is 94.5 Å². The number of hydrogen-bond acceptors (Lipinski definition) is 2. The van der Waals surface area contributed by atoms with Crippen LogP contribution in [-0.2, 0) is 4.79 Å². The van der Waals surface area contributed by atoms with Gasteiger partial charge in [-0.15, -0.1) is 0 Å². The summed E-state index contributed by atoms with van der Waals surface area (Å²) in [6.45, 7) is 1.92. The van der Waals surface area contributed by atoms with Crippen LogP contribution in [0.5, 0.6) is 0 Å². The Morgan fingerprint density at radius 2 is 2.07 bits per heavy atom. The van der Waals surface area contributed by atoms with Crippen LogP contribution in [0.1, 0.15) is 31.2 Å². The molecule has 0 bridgehead atoms.